The number of unbranched alkanes of at least 4 members (excludes halogenated alkanes) is 3. The summed E-state index contributed by atoms with van der Waals surface area (Å²) in [6.07, 6.45) is 6.38. The summed E-state index contributed by atoms with van der Waals surface area (Å²) >= 11 is 0. The Balaban J connectivity index is 2.16. The summed E-state index contributed by atoms with van der Waals surface area (Å²) in [5.74, 6) is -1.06. The zero-order chi connectivity index (χ0) is 15.3. The third kappa shape index (κ3) is 8.63. The fourth-order valence-electron chi connectivity index (χ4n) is 1.66. The van der Waals surface area contributed by atoms with Crippen LogP contribution in [-0.4, -0.2) is 18.5 Å². The third-order valence-corrected chi connectivity index (χ3v) is 2.82. The molecular weight excluding hydrogens is 268 g/mol. The molecule has 4 heteroatoms. The van der Waals surface area contributed by atoms with Crippen molar-refractivity contribution < 1.29 is 19.1 Å². The van der Waals surface area contributed by atoms with Crippen LogP contribution in [0.4, 0.5) is 0 Å². The maximum Gasteiger partial charge on any atom is 0.331 e. The molecule has 0 aliphatic rings. The van der Waals surface area contributed by atoms with Crippen molar-refractivity contribution in [3.05, 3.63) is 48.0 Å². The van der Waals surface area contributed by atoms with Gasteiger partial charge in [-0.15, -0.1) is 0 Å². The highest BCUT2D eigenvalue weighted by atomic mass is 16.5. The lowest BCUT2D eigenvalue weighted by Crippen LogP contribution is -2.05. The molecule has 0 spiro atoms. The number of carbonyl (C=O) groups is 2. The Labute approximate surface area is 125 Å². The van der Waals surface area contributed by atoms with E-state index < -0.39 is 11.9 Å². The van der Waals surface area contributed by atoms with E-state index in [1.807, 2.05) is 30.3 Å². The Kier molecular flexibility index (Phi) is 8.61. The van der Waals surface area contributed by atoms with E-state index in [1.54, 1.807) is 0 Å². The Morgan fingerprint density at radius 1 is 0.952 bits per heavy atom. The Morgan fingerprint density at radius 3 is 2.29 bits per heavy atom. The van der Waals surface area contributed by atoms with Crippen LogP contribution in [0.2, 0.25) is 0 Å². The van der Waals surface area contributed by atoms with Gasteiger partial charge in [0, 0.05) is 12.2 Å². The summed E-state index contributed by atoms with van der Waals surface area (Å²) in [6, 6.07) is 9.36. The van der Waals surface area contributed by atoms with E-state index in [9.17, 15) is 9.59 Å². The average Bonchev–Trinajstić information content (AvgIpc) is 2.51. The zero-order valence-electron chi connectivity index (χ0n) is 12.4. The van der Waals surface area contributed by atoms with E-state index in [0.717, 1.165) is 43.4 Å². The average molecular weight is 290 g/mol. The predicted octanol–water partition coefficient (Wildman–Crippen LogP) is 3.41. The maximum atomic E-state index is 11.4. The Morgan fingerprint density at radius 2 is 1.62 bits per heavy atom. The summed E-state index contributed by atoms with van der Waals surface area (Å²) in [5, 5.41) is 0. The molecule has 0 aliphatic heterocycles. The summed E-state index contributed by atoms with van der Waals surface area (Å²) in [7, 11) is 0. The van der Waals surface area contributed by atoms with Gasteiger partial charge in [-0.2, -0.15) is 0 Å². The first-order valence-corrected chi connectivity index (χ1v) is 7.28. The maximum absolute atomic E-state index is 11.4. The molecule has 1 aromatic carbocycles. The summed E-state index contributed by atoms with van der Waals surface area (Å²) in [4.78, 5) is 22.8. The highest BCUT2D eigenvalue weighted by molar-refractivity contribution is 5.91. The lowest BCUT2D eigenvalue weighted by molar-refractivity contribution is -0.141. The molecule has 0 aliphatic carbocycles. The molecule has 0 fully saturated rings. The molecule has 0 heterocycles. The van der Waals surface area contributed by atoms with Gasteiger partial charge in [0.25, 0.3) is 0 Å². The van der Waals surface area contributed by atoms with E-state index in [2.05, 4.69) is 6.92 Å². The van der Waals surface area contributed by atoms with Crippen molar-refractivity contribution in [1.29, 1.82) is 0 Å². The Bertz CT molecular complexity index is 451. The van der Waals surface area contributed by atoms with Crippen LogP contribution in [0.25, 0.3) is 0 Å². The van der Waals surface area contributed by atoms with Gasteiger partial charge in [-0.25, -0.2) is 9.59 Å². The molecule has 0 saturated carbocycles. The molecule has 4 nitrogen and oxygen atoms in total. The number of hydrogen-bond donors (Lipinski definition) is 0. The van der Waals surface area contributed by atoms with Gasteiger partial charge in [0.1, 0.15) is 6.61 Å². The second kappa shape index (κ2) is 10.7. The topological polar surface area (TPSA) is 52.6 Å². The van der Waals surface area contributed by atoms with Crippen LogP contribution >= 0.6 is 0 Å². The van der Waals surface area contributed by atoms with Crippen LogP contribution in [-0.2, 0) is 25.7 Å². The molecule has 114 valence electrons. The van der Waals surface area contributed by atoms with Crippen molar-refractivity contribution in [3.8, 4) is 0 Å². The van der Waals surface area contributed by atoms with E-state index in [0.29, 0.717) is 6.61 Å². The number of hydrogen-bond acceptors (Lipinski definition) is 4. The largest absolute Gasteiger partial charge is 0.463 e. The number of esters is 2. The Hall–Kier alpha value is -2.10. The van der Waals surface area contributed by atoms with Crippen molar-refractivity contribution in [3.63, 3.8) is 0 Å². The van der Waals surface area contributed by atoms with Crippen molar-refractivity contribution in [1.82, 2.24) is 0 Å². The van der Waals surface area contributed by atoms with E-state index in [4.69, 9.17) is 9.47 Å². The molecule has 0 aromatic heterocycles. The molecule has 0 bridgehead atoms. The van der Waals surface area contributed by atoms with Crippen molar-refractivity contribution in [2.24, 2.45) is 0 Å². The van der Waals surface area contributed by atoms with Crippen LogP contribution in [0.1, 0.15) is 38.2 Å². The minimum absolute atomic E-state index is 0.191. The first-order valence-electron chi connectivity index (χ1n) is 7.28. The van der Waals surface area contributed by atoms with Crippen molar-refractivity contribution >= 4 is 11.9 Å². The van der Waals surface area contributed by atoms with Crippen LogP contribution in [0.5, 0.6) is 0 Å². The van der Waals surface area contributed by atoms with Crippen LogP contribution < -0.4 is 0 Å². The van der Waals surface area contributed by atoms with Gasteiger partial charge >= 0.3 is 11.9 Å². The molecule has 21 heavy (non-hydrogen) atoms. The molecule has 0 unspecified atom stereocenters. The molecule has 0 amide bonds. The van der Waals surface area contributed by atoms with Gasteiger partial charge in [-0.1, -0.05) is 56.5 Å². The highest BCUT2D eigenvalue weighted by Gasteiger charge is 2.01. The molecule has 0 atom stereocenters. The third-order valence-electron chi connectivity index (χ3n) is 2.82. The lowest BCUT2D eigenvalue weighted by atomic mass is 10.2. The van der Waals surface area contributed by atoms with Gasteiger partial charge in [0.2, 0.25) is 0 Å². The molecule has 0 saturated heterocycles. The van der Waals surface area contributed by atoms with Crippen LogP contribution in [0.3, 0.4) is 0 Å². The number of benzene rings is 1. The fraction of sp³-hybridized carbons (Fsp3) is 0.412. The van der Waals surface area contributed by atoms with E-state index in [-0.39, 0.29) is 6.61 Å². The predicted molar refractivity (Wildman–Crippen MR) is 80.5 cm³/mol. The summed E-state index contributed by atoms with van der Waals surface area (Å²) in [6.45, 7) is 2.70. The second-order valence-corrected chi connectivity index (χ2v) is 4.65. The van der Waals surface area contributed by atoms with Crippen molar-refractivity contribution in [2.75, 3.05) is 6.61 Å². The van der Waals surface area contributed by atoms with E-state index in [1.165, 1.54) is 0 Å². The van der Waals surface area contributed by atoms with Gasteiger partial charge in [0.15, 0.2) is 0 Å². The standard InChI is InChI=1S/C17H22O4/c1-2-3-4-8-13-20-16(18)11-12-17(19)21-14-15-9-6-5-7-10-15/h5-7,9-12H,2-4,8,13-14H2,1H3/b12-11-. The number of ether oxygens (including phenoxy) is 2. The van der Waals surface area contributed by atoms with Crippen LogP contribution in [0, 0.1) is 0 Å². The molecule has 1 aromatic rings. The second-order valence-electron chi connectivity index (χ2n) is 4.65. The summed E-state index contributed by atoms with van der Waals surface area (Å²) in [5.41, 5.74) is 0.901. The monoisotopic (exact) mass is 290 g/mol. The van der Waals surface area contributed by atoms with Gasteiger partial charge < -0.3 is 9.47 Å². The van der Waals surface area contributed by atoms with Crippen molar-refractivity contribution in [2.45, 2.75) is 39.2 Å². The molecule has 1 rings (SSSR count). The minimum Gasteiger partial charge on any atom is -0.463 e. The minimum atomic E-state index is -0.554. The highest BCUT2D eigenvalue weighted by Crippen LogP contribution is 2.01. The first-order chi connectivity index (χ1) is 10.2. The SMILES string of the molecule is CCCCCCOC(=O)/C=C\C(=O)OCc1ccccc1. The quantitative estimate of drug-likeness (QED) is 0.397. The fourth-order valence-corrected chi connectivity index (χ4v) is 1.66. The number of carbonyl (C=O) groups excluding carboxylic acids is 2. The van der Waals surface area contributed by atoms with E-state index >= 15 is 0 Å². The normalized spacial score (nSPS) is 10.5. The molecular formula is C17H22O4. The van der Waals surface area contributed by atoms with Gasteiger partial charge in [-0.3, -0.25) is 0 Å². The number of rotatable bonds is 9. The zero-order valence-corrected chi connectivity index (χ0v) is 12.4. The lowest BCUT2D eigenvalue weighted by Gasteiger charge is -2.02. The molecule has 0 N–H and O–H groups in total. The smallest absolute Gasteiger partial charge is 0.331 e. The molecule has 0 radical (unpaired) electrons. The van der Waals surface area contributed by atoms with Gasteiger partial charge in [0.05, 0.1) is 6.61 Å². The van der Waals surface area contributed by atoms with Crippen LogP contribution in [0.15, 0.2) is 42.5 Å². The van der Waals surface area contributed by atoms with Gasteiger partial charge in [-0.05, 0) is 12.0 Å². The first kappa shape index (κ1) is 17.0. The summed E-state index contributed by atoms with van der Waals surface area (Å²) < 4.78 is 9.97.